The van der Waals surface area contributed by atoms with Crippen LogP contribution in [0.5, 0.6) is 0 Å². The second-order valence-electron chi connectivity index (χ2n) is 5.41. The average Bonchev–Trinajstić information content (AvgIpc) is 2.78. The monoisotopic (exact) mass is 265 g/mol. The van der Waals surface area contributed by atoms with E-state index in [0.717, 1.165) is 6.42 Å². The molecular weight excluding hydrogens is 245 g/mol. The first kappa shape index (κ1) is 14.0. The van der Waals surface area contributed by atoms with Gasteiger partial charge in [0.05, 0.1) is 17.0 Å². The summed E-state index contributed by atoms with van der Waals surface area (Å²) in [6.07, 6.45) is 0.186. The first-order valence-corrected chi connectivity index (χ1v) is 6.50. The zero-order valence-electron chi connectivity index (χ0n) is 11.5. The molecule has 3 N–H and O–H groups in total. The van der Waals surface area contributed by atoms with Crippen LogP contribution in [0, 0.1) is 5.95 Å². The number of rotatable bonds is 5. The molecule has 1 atom stereocenters. The number of aliphatic hydroxyl groups is 1. The molecule has 2 rings (SSSR count). The largest absolute Gasteiger partial charge is 0.387 e. The Bertz CT molecular complexity index is 565. The maximum atomic E-state index is 13.7. The lowest BCUT2D eigenvalue weighted by molar-refractivity contribution is 0.161. The Hall–Kier alpha value is -1.46. The number of halogens is 1. The molecule has 0 aliphatic carbocycles. The summed E-state index contributed by atoms with van der Waals surface area (Å²) in [5.41, 5.74) is 1.04. The molecular formula is C14H20FN3O. The van der Waals surface area contributed by atoms with E-state index in [2.05, 4.69) is 36.3 Å². The lowest BCUT2D eigenvalue weighted by atomic mass is 10.00. The van der Waals surface area contributed by atoms with Gasteiger partial charge in [-0.2, -0.15) is 9.49 Å². The number of fused-ring (bicyclic) bond motifs is 1. The molecule has 0 aliphatic rings. The quantitative estimate of drug-likeness (QED) is 0.778. The predicted molar refractivity (Wildman–Crippen MR) is 73.4 cm³/mol. The third-order valence-corrected chi connectivity index (χ3v) is 3.59. The minimum atomic E-state index is -0.762. The summed E-state index contributed by atoms with van der Waals surface area (Å²) in [5.74, 6) is -0.501. The van der Waals surface area contributed by atoms with Gasteiger partial charge in [-0.25, -0.2) is 0 Å². The molecule has 1 heterocycles. The van der Waals surface area contributed by atoms with Crippen LogP contribution in [0.4, 0.5) is 4.39 Å². The van der Waals surface area contributed by atoms with Crippen LogP contribution >= 0.6 is 0 Å². The van der Waals surface area contributed by atoms with Crippen molar-refractivity contribution in [2.45, 2.75) is 38.8 Å². The molecule has 0 amide bonds. The second-order valence-corrected chi connectivity index (χ2v) is 5.41. The minimum absolute atomic E-state index is 0.0518. The number of aliphatic hydroxyl groups excluding tert-OH is 1. The van der Waals surface area contributed by atoms with Crippen LogP contribution in [-0.2, 0) is 0 Å². The van der Waals surface area contributed by atoms with Crippen molar-refractivity contribution in [3.05, 3.63) is 29.7 Å². The summed E-state index contributed by atoms with van der Waals surface area (Å²) in [7, 11) is 0. The fraction of sp³-hybridized carbons (Fsp3) is 0.500. The van der Waals surface area contributed by atoms with E-state index in [1.807, 2.05) is 0 Å². The summed E-state index contributed by atoms with van der Waals surface area (Å²) in [4.78, 5) is 0. The van der Waals surface area contributed by atoms with E-state index in [1.165, 1.54) is 0 Å². The molecule has 0 saturated carbocycles. The van der Waals surface area contributed by atoms with E-state index in [1.54, 1.807) is 18.2 Å². The van der Waals surface area contributed by atoms with Crippen molar-refractivity contribution >= 4 is 10.9 Å². The van der Waals surface area contributed by atoms with Gasteiger partial charge in [-0.3, -0.25) is 5.10 Å². The van der Waals surface area contributed by atoms with Crippen LogP contribution in [0.15, 0.2) is 18.2 Å². The lowest BCUT2D eigenvalue weighted by Gasteiger charge is -2.26. The van der Waals surface area contributed by atoms with Crippen LogP contribution in [0.2, 0.25) is 0 Å². The minimum Gasteiger partial charge on any atom is -0.387 e. The van der Waals surface area contributed by atoms with Crippen molar-refractivity contribution in [1.82, 2.24) is 15.5 Å². The third-order valence-electron chi connectivity index (χ3n) is 3.59. The Morgan fingerprint density at radius 2 is 2.21 bits per heavy atom. The van der Waals surface area contributed by atoms with Crippen molar-refractivity contribution in [1.29, 1.82) is 0 Å². The number of aromatic nitrogens is 2. The Morgan fingerprint density at radius 1 is 1.47 bits per heavy atom. The summed E-state index contributed by atoms with van der Waals surface area (Å²) in [6, 6.07) is 5.22. The van der Waals surface area contributed by atoms with Crippen LogP contribution in [0.25, 0.3) is 10.9 Å². The second kappa shape index (κ2) is 5.27. The average molecular weight is 265 g/mol. The molecule has 1 aromatic heterocycles. The molecule has 0 unspecified atom stereocenters. The van der Waals surface area contributed by atoms with E-state index in [9.17, 15) is 9.50 Å². The number of nitrogens with one attached hydrogen (secondary N) is 2. The number of hydrogen-bond acceptors (Lipinski definition) is 3. The standard InChI is InChI=1S/C14H20FN3O/c1-4-14(2,3)16-8-11(19)9-6-5-7-10-12(9)13(15)18-17-10/h5-7,11,16,19H,4,8H2,1-3H3,(H,17,18)/t11-/m0/s1. The summed E-state index contributed by atoms with van der Waals surface area (Å²) >= 11 is 0. The Balaban J connectivity index is 2.22. The molecule has 2 aromatic rings. The maximum Gasteiger partial charge on any atom is 0.217 e. The topological polar surface area (TPSA) is 60.9 Å². The molecule has 1 aromatic carbocycles. The van der Waals surface area contributed by atoms with E-state index in [4.69, 9.17) is 0 Å². The first-order chi connectivity index (χ1) is 8.94. The van der Waals surface area contributed by atoms with Crippen molar-refractivity contribution in [2.75, 3.05) is 6.54 Å². The number of nitrogens with zero attached hydrogens (tertiary/aromatic N) is 1. The molecule has 0 saturated heterocycles. The van der Waals surface area contributed by atoms with E-state index in [-0.39, 0.29) is 5.54 Å². The number of hydrogen-bond donors (Lipinski definition) is 3. The van der Waals surface area contributed by atoms with Gasteiger partial charge in [0.15, 0.2) is 0 Å². The summed E-state index contributed by atoms with van der Waals surface area (Å²) in [5, 5.41) is 20.1. The molecule has 19 heavy (non-hydrogen) atoms. The predicted octanol–water partition coefficient (Wildman–Crippen LogP) is 2.51. The van der Waals surface area contributed by atoms with E-state index < -0.39 is 12.1 Å². The SMILES string of the molecule is CCC(C)(C)NC[C@H](O)c1cccc2n[nH]c(F)c12. The van der Waals surface area contributed by atoms with E-state index in [0.29, 0.717) is 23.0 Å². The van der Waals surface area contributed by atoms with Gasteiger partial charge in [0.1, 0.15) is 0 Å². The highest BCUT2D eigenvalue weighted by Gasteiger charge is 2.19. The van der Waals surface area contributed by atoms with Crippen molar-refractivity contribution in [3.8, 4) is 0 Å². The molecule has 4 nitrogen and oxygen atoms in total. The fourth-order valence-electron chi connectivity index (χ4n) is 1.94. The molecule has 0 fully saturated rings. The van der Waals surface area contributed by atoms with Crippen LogP contribution < -0.4 is 5.32 Å². The zero-order valence-corrected chi connectivity index (χ0v) is 11.5. The molecule has 104 valence electrons. The van der Waals surface area contributed by atoms with Gasteiger partial charge in [0.25, 0.3) is 0 Å². The summed E-state index contributed by atoms with van der Waals surface area (Å²) in [6.45, 7) is 6.60. The van der Waals surface area contributed by atoms with Gasteiger partial charge in [0, 0.05) is 12.1 Å². The van der Waals surface area contributed by atoms with Crippen molar-refractivity contribution < 1.29 is 9.50 Å². The maximum absolute atomic E-state index is 13.7. The van der Waals surface area contributed by atoms with Gasteiger partial charge >= 0.3 is 0 Å². The van der Waals surface area contributed by atoms with Gasteiger partial charge < -0.3 is 10.4 Å². The third kappa shape index (κ3) is 2.93. The number of aromatic amines is 1. The molecule has 0 radical (unpaired) electrons. The molecule has 5 heteroatoms. The smallest absolute Gasteiger partial charge is 0.217 e. The Morgan fingerprint density at radius 3 is 2.89 bits per heavy atom. The summed E-state index contributed by atoms with van der Waals surface area (Å²) < 4.78 is 13.7. The zero-order chi connectivity index (χ0) is 14.0. The highest BCUT2D eigenvalue weighted by atomic mass is 19.1. The van der Waals surface area contributed by atoms with Crippen LogP contribution in [0.3, 0.4) is 0 Å². The number of β-amino-alcohol motifs (C(OH)–C–C–N with tert-alkyl or cyclic N) is 1. The van der Waals surface area contributed by atoms with Gasteiger partial charge in [-0.05, 0) is 31.9 Å². The Labute approximate surface area is 112 Å². The van der Waals surface area contributed by atoms with Crippen LogP contribution in [0.1, 0.15) is 38.9 Å². The van der Waals surface area contributed by atoms with Crippen LogP contribution in [-0.4, -0.2) is 27.4 Å². The number of benzene rings is 1. The van der Waals surface area contributed by atoms with Gasteiger partial charge in [0.2, 0.25) is 5.95 Å². The highest BCUT2D eigenvalue weighted by molar-refractivity contribution is 5.82. The van der Waals surface area contributed by atoms with Crippen molar-refractivity contribution in [2.24, 2.45) is 0 Å². The van der Waals surface area contributed by atoms with Gasteiger partial charge in [-0.15, -0.1) is 0 Å². The van der Waals surface area contributed by atoms with E-state index >= 15 is 0 Å². The molecule has 0 bridgehead atoms. The first-order valence-electron chi connectivity index (χ1n) is 6.50. The molecule has 0 aliphatic heterocycles. The lowest BCUT2D eigenvalue weighted by Crippen LogP contribution is -2.40. The van der Waals surface area contributed by atoms with Crippen molar-refractivity contribution in [3.63, 3.8) is 0 Å². The normalized spacial score (nSPS) is 13.9. The highest BCUT2D eigenvalue weighted by Crippen LogP contribution is 2.25. The molecule has 0 spiro atoms. The fourth-order valence-corrected chi connectivity index (χ4v) is 1.94. The van der Waals surface area contributed by atoms with Gasteiger partial charge in [-0.1, -0.05) is 19.1 Å². The number of H-pyrrole nitrogens is 1. The Kier molecular flexibility index (Phi) is 3.87.